The van der Waals surface area contributed by atoms with E-state index in [1.807, 2.05) is 17.7 Å². The fourth-order valence-electron chi connectivity index (χ4n) is 17.0. The lowest BCUT2D eigenvalue weighted by molar-refractivity contribution is 0.00578. The van der Waals surface area contributed by atoms with Gasteiger partial charge in [0.1, 0.15) is 23.0 Å². The molecule has 0 spiro atoms. The fourth-order valence-corrected chi connectivity index (χ4v) is 22.7. The summed E-state index contributed by atoms with van der Waals surface area (Å²) in [4.78, 5) is 1.24. The van der Waals surface area contributed by atoms with Crippen molar-refractivity contribution < 1.29 is 47.9 Å². The molecule has 1 fully saturated rings. The van der Waals surface area contributed by atoms with E-state index in [0.29, 0.717) is 130 Å². The maximum absolute atomic E-state index is 12.2. The third-order valence-corrected chi connectivity index (χ3v) is 33.5. The van der Waals surface area contributed by atoms with Gasteiger partial charge in [-0.2, -0.15) is 0 Å². The Kier molecular flexibility index (Phi) is 32.3. The molecular formula is C113H120BCl8I2N3O10S3. The van der Waals surface area contributed by atoms with Crippen LogP contribution in [0.5, 0.6) is 40.2 Å². The smallest absolute Gasteiger partial charge is 0.504 e. The molecule has 140 heavy (non-hydrogen) atoms. The number of nitrogens with zero attached hydrogens (tertiary/aromatic N) is 3. The van der Waals surface area contributed by atoms with Crippen LogP contribution in [0.4, 0.5) is 0 Å². The second-order valence-electron chi connectivity index (χ2n) is 42.9. The summed E-state index contributed by atoms with van der Waals surface area (Å²) < 4.78 is 58.8. The SMILES string of the molecule is CC(C)(C)c1ccc2c(c1)c1cc(C(C)(C)C)ccc1n2-c1csc(-c2cc(Cl)c(Cl)cc2OCCCCOc2cc(Cl)c(Cl)cc2-c2scc(-n3c4ccc(C(C)(C)C)cc4c4cc(C(C)(C)C)ccc43)c2O)c1O.CCOCOc1c(-n2c3ccc(C(C)(C)C)cc3c3cc(C(C)(C)C)ccc32)csc1B1OC(C)(C)C(C)(C)O1.Clc1cc(I)c(OCCCCOc2cc(Cl)c(Cl)cc2I)cc1Cl. The van der Waals surface area contributed by atoms with Crippen molar-refractivity contribution in [1.29, 1.82) is 0 Å². The van der Waals surface area contributed by atoms with Crippen LogP contribution in [-0.2, 0) is 46.5 Å². The second kappa shape index (κ2) is 42.1. The molecule has 1 aliphatic heterocycles. The van der Waals surface area contributed by atoms with Crippen molar-refractivity contribution >= 4 is 249 Å². The second-order valence-corrected chi connectivity index (χ2v) is 51.1. The van der Waals surface area contributed by atoms with Gasteiger partial charge in [-0.3, -0.25) is 0 Å². The summed E-state index contributed by atoms with van der Waals surface area (Å²) in [7, 11) is -0.520. The average Bonchev–Trinajstić information content (AvgIpc) is 1.58. The van der Waals surface area contributed by atoms with Gasteiger partial charge in [0, 0.05) is 90.5 Å². The van der Waals surface area contributed by atoms with Crippen molar-refractivity contribution in [3.05, 3.63) is 255 Å². The molecule has 0 saturated carbocycles. The zero-order chi connectivity index (χ0) is 101. The molecule has 16 aromatic rings. The van der Waals surface area contributed by atoms with E-state index >= 15 is 0 Å². The van der Waals surface area contributed by atoms with Gasteiger partial charge >= 0.3 is 7.12 Å². The molecule has 10 aromatic carbocycles. The lowest BCUT2D eigenvalue weighted by Crippen LogP contribution is -2.41. The normalized spacial score (nSPS) is 13.7. The van der Waals surface area contributed by atoms with Gasteiger partial charge in [-0.15, -0.1) is 34.0 Å². The van der Waals surface area contributed by atoms with E-state index in [1.165, 1.54) is 66.8 Å². The van der Waals surface area contributed by atoms with Crippen molar-refractivity contribution in [2.75, 3.05) is 39.8 Å². The number of benzene rings is 10. The van der Waals surface area contributed by atoms with Gasteiger partial charge in [0.05, 0.1) is 150 Å². The van der Waals surface area contributed by atoms with Crippen LogP contribution < -0.4 is 28.5 Å². The Bertz CT molecular complexity index is 6830. The molecule has 0 unspecified atom stereocenters. The number of rotatable bonds is 24. The summed E-state index contributed by atoms with van der Waals surface area (Å²) in [5.41, 5.74) is 16.6. The van der Waals surface area contributed by atoms with Gasteiger partial charge in [-0.25, -0.2) is 0 Å². The van der Waals surface area contributed by atoms with Crippen LogP contribution in [0.2, 0.25) is 40.2 Å². The number of halogens is 10. The molecule has 0 radical (unpaired) electrons. The van der Waals surface area contributed by atoms with Crippen molar-refractivity contribution in [2.24, 2.45) is 0 Å². The Morgan fingerprint density at radius 3 is 0.864 bits per heavy atom. The predicted octanol–water partition coefficient (Wildman–Crippen LogP) is 36.7. The van der Waals surface area contributed by atoms with E-state index in [0.717, 1.165) is 102 Å². The minimum absolute atomic E-state index is 0.0418. The molecule has 6 aromatic heterocycles. The molecule has 738 valence electrons. The maximum atomic E-state index is 12.2. The third-order valence-electron chi connectivity index (χ3n) is 26.0. The van der Waals surface area contributed by atoms with E-state index in [2.05, 4.69) is 326 Å². The molecule has 0 amide bonds. The molecule has 0 aliphatic carbocycles. The van der Waals surface area contributed by atoms with E-state index in [9.17, 15) is 10.2 Å². The lowest BCUT2D eigenvalue weighted by Gasteiger charge is -2.32. The van der Waals surface area contributed by atoms with Gasteiger partial charge in [0.15, 0.2) is 24.0 Å². The standard InChI is InChI=1S/C64H64Cl4N2O4S2.C33H44BNO4S.C16H12Cl4I2O2/c1-61(2,3)35-15-19-49-39(25-35)40-26-36(62(4,5)6)16-20-50(40)69(49)53-33-75-59(57(53)71)43-29-45(65)47(67)31-55(43)73-23-13-14-24-74-56-32-48(68)46(66)30-44(56)60-58(72)54(34-76-60)70-51-21-17-37(63(7,8)9)27-41(51)42-28-38(64(10,11)12)18-22-52(42)70;1-12-36-20-37-28-27(19-40-29(28)34-38-32(8,9)33(10,11)39-34)35-25-15-13-21(30(2,3)4)17-23(25)24-18-22(31(5,6)7)14-16-26(24)35;17-9-5-13(21)15(7-11(9)19)23-3-1-2-4-24-16-8-12(20)10(18)6-14(16)22/h15-22,25-34,71-72H,13-14,23-24H2,1-12H3;13-19H,12,20H2,1-11H3;5-8H,1-4H2. The first-order valence-corrected chi connectivity index (χ1v) is 54.8. The van der Waals surface area contributed by atoms with Crippen LogP contribution >= 0.6 is 172 Å². The fraction of sp³-hybridized carbons (Fsp3) is 0.363. The summed E-state index contributed by atoms with van der Waals surface area (Å²) in [6.45, 7) is 53.2. The monoisotopic (exact) mass is 2320 g/mol. The molecule has 0 bridgehead atoms. The van der Waals surface area contributed by atoms with Gasteiger partial charge < -0.3 is 61.6 Å². The largest absolute Gasteiger partial charge is 0.509 e. The zero-order valence-corrected chi connectivity index (χ0v) is 96.2. The number of fused-ring (bicyclic) bond motifs is 9. The number of ether oxygens (including phenoxy) is 6. The lowest BCUT2D eigenvalue weighted by atomic mass is 9.85. The van der Waals surface area contributed by atoms with Crippen LogP contribution in [0, 0.1) is 7.14 Å². The zero-order valence-electron chi connectivity index (χ0n) is 83.4. The number of aromatic hydroxyl groups is 2. The first-order chi connectivity index (χ1) is 65.6. The van der Waals surface area contributed by atoms with Crippen LogP contribution in [0.15, 0.2) is 174 Å². The van der Waals surface area contributed by atoms with Crippen LogP contribution in [0.1, 0.15) is 218 Å². The third kappa shape index (κ3) is 22.8. The average molecular weight is 2320 g/mol. The predicted molar refractivity (Wildman–Crippen MR) is 614 cm³/mol. The molecule has 1 saturated heterocycles. The number of hydrogen-bond donors (Lipinski definition) is 2. The molecule has 27 heteroatoms. The van der Waals surface area contributed by atoms with Gasteiger partial charge in [0.25, 0.3) is 0 Å². The number of unbranched alkanes of at least 4 members (excludes halogenated alkanes) is 2. The molecule has 0 atom stereocenters. The van der Waals surface area contributed by atoms with Crippen LogP contribution in [0.25, 0.3) is 103 Å². The van der Waals surface area contributed by atoms with E-state index < -0.39 is 18.3 Å². The van der Waals surface area contributed by atoms with Crippen molar-refractivity contribution in [2.45, 2.75) is 229 Å². The summed E-state index contributed by atoms with van der Waals surface area (Å²) in [6, 6.07) is 54.4. The summed E-state index contributed by atoms with van der Waals surface area (Å²) in [6.07, 6.45) is 2.97. The van der Waals surface area contributed by atoms with Crippen molar-refractivity contribution in [3.8, 4) is 78.2 Å². The highest BCUT2D eigenvalue weighted by molar-refractivity contribution is 14.1. The Balaban J connectivity index is 0.000000191. The quantitative estimate of drug-likeness (QED) is 0.0198. The van der Waals surface area contributed by atoms with Crippen molar-refractivity contribution in [3.63, 3.8) is 0 Å². The minimum atomic E-state index is -0.520. The molecule has 2 N–H and O–H groups in total. The number of aromatic nitrogens is 3. The summed E-state index contributed by atoms with van der Waals surface area (Å²) >= 11 is 59.4. The minimum Gasteiger partial charge on any atom is -0.504 e. The van der Waals surface area contributed by atoms with Crippen LogP contribution in [0.3, 0.4) is 0 Å². The first kappa shape index (κ1) is 107. The van der Waals surface area contributed by atoms with Crippen molar-refractivity contribution in [1.82, 2.24) is 13.7 Å². The van der Waals surface area contributed by atoms with Crippen LogP contribution in [-0.4, -0.2) is 82.1 Å². The Labute approximate surface area is 903 Å². The number of thiophene rings is 3. The molecule has 17 rings (SSSR count). The molecular weight excluding hydrogens is 2200 g/mol. The highest BCUT2D eigenvalue weighted by atomic mass is 127. The van der Waals surface area contributed by atoms with E-state index in [-0.39, 0.29) is 50.8 Å². The first-order valence-electron chi connectivity index (χ1n) is 47.0. The van der Waals surface area contributed by atoms with Gasteiger partial charge in [0.2, 0.25) is 0 Å². The molecule has 7 heterocycles. The van der Waals surface area contributed by atoms with E-state index in [4.69, 9.17) is 131 Å². The Hall–Kier alpha value is -6.98. The summed E-state index contributed by atoms with van der Waals surface area (Å²) in [5, 5.41) is 41.1. The highest BCUT2D eigenvalue weighted by Crippen LogP contribution is 2.54. The topological polar surface area (TPSA) is 129 Å². The summed E-state index contributed by atoms with van der Waals surface area (Å²) in [5.74, 6) is 3.50. The number of hydrogen-bond acceptors (Lipinski definition) is 13. The molecule has 13 nitrogen and oxygen atoms in total. The van der Waals surface area contributed by atoms with Gasteiger partial charge in [-0.05, 0) is 268 Å². The Morgan fingerprint density at radius 2 is 0.586 bits per heavy atom. The van der Waals surface area contributed by atoms with Gasteiger partial charge in [-0.1, -0.05) is 254 Å². The Morgan fingerprint density at radius 1 is 0.336 bits per heavy atom. The molecule has 1 aliphatic rings. The maximum Gasteiger partial charge on any atom is 0.509 e. The highest BCUT2D eigenvalue weighted by Gasteiger charge is 2.54. The van der Waals surface area contributed by atoms with E-state index in [1.54, 1.807) is 59.9 Å².